The molecule has 206 valence electrons. The molecule has 10 heteroatoms. The van der Waals surface area contributed by atoms with E-state index in [1.165, 1.54) is 44.6 Å². The summed E-state index contributed by atoms with van der Waals surface area (Å²) in [5.74, 6) is 1.78. The Balaban J connectivity index is 1.35. The maximum Gasteiger partial charge on any atom is 0.202 e. The van der Waals surface area contributed by atoms with E-state index in [4.69, 9.17) is 27.9 Å². The van der Waals surface area contributed by atoms with Gasteiger partial charge < -0.3 is 4.74 Å². The fourth-order valence-corrected chi connectivity index (χ4v) is 5.91. The van der Waals surface area contributed by atoms with Crippen LogP contribution in [0, 0.1) is 0 Å². The number of carbonyl (C=O) groups is 1. The molecule has 1 aromatic heterocycles. The zero-order valence-corrected chi connectivity index (χ0v) is 24.3. The Morgan fingerprint density at radius 3 is 2.48 bits per heavy atom. The summed E-state index contributed by atoms with van der Waals surface area (Å²) in [6.07, 6.45) is 6.47. The largest absolute Gasteiger partial charge is 0.486 e. The van der Waals surface area contributed by atoms with Crippen LogP contribution in [0.5, 0.6) is 5.75 Å². The van der Waals surface area contributed by atoms with Gasteiger partial charge >= 0.3 is 0 Å². The smallest absolute Gasteiger partial charge is 0.202 e. The first-order valence-electron chi connectivity index (χ1n) is 13.2. The van der Waals surface area contributed by atoms with Crippen LogP contribution in [0.25, 0.3) is 5.69 Å². The van der Waals surface area contributed by atoms with Crippen molar-refractivity contribution in [3.8, 4) is 11.4 Å². The van der Waals surface area contributed by atoms with E-state index >= 15 is 0 Å². The van der Waals surface area contributed by atoms with Crippen molar-refractivity contribution >= 4 is 51.5 Å². The number of thioether (sulfide) groups is 1. The standard InChI is InChI=1S/C30H29Cl2N5O2S/c1-20(38)29(35-33-27-17-14-23(31)18-26(27)32)40-30-36-34-28(37(30)24-10-6-3-7-11-24)19-39-25-15-12-22(13-16-25)21-8-4-2-5-9-21/h3,6-7,10-18,21,33H,2,4-5,8-9,19H2,1H3. The van der Waals surface area contributed by atoms with Crippen LogP contribution in [0.2, 0.25) is 10.0 Å². The summed E-state index contributed by atoms with van der Waals surface area (Å²) >= 11 is 13.3. The van der Waals surface area contributed by atoms with Gasteiger partial charge in [0.2, 0.25) is 5.16 Å². The highest BCUT2D eigenvalue weighted by Crippen LogP contribution is 2.33. The van der Waals surface area contributed by atoms with E-state index in [1.807, 2.05) is 47.0 Å². The summed E-state index contributed by atoms with van der Waals surface area (Å²) in [7, 11) is 0. The molecule has 0 amide bonds. The number of carbonyl (C=O) groups excluding carboxylic acids is 1. The molecular weight excluding hydrogens is 565 g/mol. The molecule has 1 aliphatic rings. The molecule has 3 aromatic carbocycles. The molecule has 1 heterocycles. The van der Waals surface area contributed by atoms with Gasteiger partial charge in [-0.15, -0.1) is 10.2 Å². The van der Waals surface area contributed by atoms with Crippen molar-refractivity contribution < 1.29 is 9.53 Å². The summed E-state index contributed by atoms with van der Waals surface area (Å²) < 4.78 is 7.99. The van der Waals surface area contributed by atoms with Crippen LogP contribution in [0.4, 0.5) is 5.69 Å². The lowest BCUT2D eigenvalue weighted by molar-refractivity contribution is -0.110. The van der Waals surface area contributed by atoms with Gasteiger partial charge in [-0.1, -0.05) is 72.8 Å². The molecule has 40 heavy (non-hydrogen) atoms. The lowest BCUT2D eigenvalue weighted by Crippen LogP contribution is -2.11. The third kappa shape index (κ3) is 7.05. The number of anilines is 1. The molecule has 5 rings (SSSR count). The van der Waals surface area contributed by atoms with Gasteiger partial charge in [0.1, 0.15) is 12.4 Å². The highest BCUT2D eigenvalue weighted by molar-refractivity contribution is 8.15. The average molecular weight is 595 g/mol. The van der Waals surface area contributed by atoms with Crippen LogP contribution < -0.4 is 10.2 Å². The van der Waals surface area contributed by atoms with E-state index in [2.05, 4.69) is 32.9 Å². The molecule has 0 saturated heterocycles. The number of benzene rings is 3. The second-order valence-corrected chi connectivity index (χ2v) is 11.4. The second-order valence-electron chi connectivity index (χ2n) is 9.57. The van der Waals surface area contributed by atoms with Crippen LogP contribution in [0.3, 0.4) is 0 Å². The van der Waals surface area contributed by atoms with Gasteiger partial charge in [-0.3, -0.25) is 14.8 Å². The third-order valence-corrected chi connectivity index (χ3v) is 8.30. The number of ether oxygens (including phenoxy) is 1. The summed E-state index contributed by atoms with van der Waals surface area (Å²) in [5, 5.41) is 14.7. The topological polar surface area (TPSA) is 81.4 Å². The first-order chi connectivity index (χ1) is 19.5. The van der Waals surface area contributed by atoms with Gasteiger partial charge in [0, 0.05) is 17.6 Å². The second kappa shape index (κ2) is 13.4. The Hall–Kier alpha value is -3.33. The number of aromatic nitrogens is 3. The van der Waals surface area contributed by atoms with Crippen LogP contribution in [-0.4, -0.2) is 25.6 Å². The van der Waals surface area contributed by atoms with Crippen molar-refractivity contribution in [1.29, 1.82) is 0 Å². The van der Waals surface area contributed by atoms with Gasteiger partial charge in [-0.25, -0.2) is 0 Å². The zero-order chi connectivity index (χ0) is 27.9. The minimum atomic E-state index is -0.235. The molecule has 0 spiro atoms. The van der Waals surface area contributed by atoms with Crippen molar-refractivity contribution in [2.45, 2.75) is 56.7 Å². The Morgan fingerprint density at radius 2 is 1.77 bits per heavy atom. The fourth-order valence-electron chi connectivity index (χ4n) is 4.67. The number of hydrazone groups is 1. The Morgan fingerprint density at radius 1 is 1.02 bits per heavy atom. The van der Waals surface area contributed by atoms with Crippen molar-refractivity contribution in [1.82, 2.24) is 14.8 Å². The molecule has 1 N–H and O–H groups in total. The van der Waals surface area contributed by atoms with Crippen LogP contribution in [-0.2, 0) is 11.4 Å². The highest BCUT2D eigenvalue weighted by Gasteiger charge is 2.20. The number of nitrogens with zero attached hydrogens (tertiary/aromatic N) is 4. The third-order valence-electron chi connectivity index (χ3n) is 6.74. The normalized spacial score (nSPS) is 14.2. The summed E-state index contributed by atoms with van der Waals surface area (Å²) in [5.41, 5.74) is 5.61. The van der Waals surface area contributed by atoms with E-state index in [0.29, 0.717) is 32.6 Å². The first-order valence-corrected chi connectivity index (χ1v) is 14.7. The minimum Gasteiger partial charge on any atom is -0.486 e. The number of rotatable bonds is 9. The summed E-state index contributed by atoms with van der Waals surface area (Å²) in [4.78, 5) is 12.5. The van der Waals surface area contributed by atoms with Gasteiger partial charge in [-0.05, 0) is 78.5 Å². The van der Waals surface area contributed by atoms with Crippen LogP contribution >= 0.6 is 35.0 Å². The number of ketones is 1. The molecule has 0 aliphatic heterocycles. The van der Waals surface area contributed by atoms with Gasteiger partial charge in [-0.2, -0.15) is 5.10 Å². The lowest BCUT2D eigenvalue weighted by Gasteiger charge is -2.22. The molecule has 1 fully saturated rings. The molecule has 0 radical (unpaired) electrons. The molecular formula is C30H29Cl2N5O2S. The predicted octanol–water partition coefficient (Wildman–Crippen LogP) is 8.31. The fraction of sp³-hybridized carbons (Fsp3) is 0.267. The number of hydrogen-bond donors (Lipinski definition) is 1. The maximum absolute atomic E-state index is 12.5. The van der Waals surface area contributed by atoms with E-state index in [0.717, 1.165) is 23.2 Å². The first kappa shape index (κ1) is 28.2. The summed E-state index contributed by atoms with van der Waals surface area (Å²) in [6, 6.07) is 23.1. The zero-order valence-electron chi connectivity index (χ0n) is 22.0. The Labute approximate surface area is 247 Å². The SMILES string of the molecule is CC(=O)C(=NNc1ccc(Cl)cc1Cl)Sc1nnc(COc2ccc(C3CCCCC3)cc2)n1-c1ccccc1. The van der Waals surface area contributed by atoms with Crippen molar-refractivity contribution in [2.24, 2.45) is 5.10 Å². The number of hydrogen-bond acceptors (Lipinski definition) is 7. The van der Waals surface area contributed by atoms with Crippen molar-refractivity contribution in [3.05, 3.63) is 94.2 Å². The van der Waals surface area contributed by atoms with E-state index in [-0.39, 0.29) is 17.4 Å². The van der Waals surface area contributed by atoms with Crippen LogP contribution in [0.1, 0.15) is 56.3 Å². The van der Waals surface area contributed by atoms with Gasteiger partial charge in [0.25, 0.3) is 0 Å². The molecule has 0 unspecified atom stereocenters. The predicted molar refractivity (Wildman–Crippen MR) is 162 cm³/mol. The highest BCUT2D eigenvalue weighted by atomic mass is 35.5. The summed E-state index contributed by atoms with van der Waals surface area (Å²) in [6.45, 7) is 1.65. The van der Waals surface area contributed by atoms with E-state index < -0.39 is 0 Å². The lowest BCUT2D eigenvalue weighted by atomic mass is 9.84. The van der Waals surface area contributed by atoms with Gasteiger partial charge in [0.05, 0.1) is 10.7 Å². The Bertz CT molecular complexity index is 1490. The molecule has 0 atom stereocenters. The van der Waals surface area contributed by atoms with E-state index in [9.17, 15) is 4.79 Å². The maximum atomic E-state index is 12.5. The number of halogens is 2. The van der Waals surface area contributed by atoms with Gasteiger partial charge in [0.15, 0.2) is 16.7 Å². The number of Topliss-reactive ketones (excluding diaryl/α,β-unsaturated/α-hetero) is 1. The van der Waals surface area contributed by atoms with Crippen LogP contribution in [0.15, 0.2) is 83.1 Å². The molecule has 1 aliphatic carbocycles. The quantitative estimate of drug-likeness (QED) is 0.0909. The molecule has 4 aromatic rings. The minimum absolute atomic E-state index is 0.196. The molecule has 0 bridgehead atoms. The monoisotopic (exact) mass is 593 g/mol. The number of nitrogens with one attached hydrogen (secondary N) is 1. The van der Waals surface area contributed by atoms with E-state index in [1.54, 1.807) is 18.2 Å². The molecule has 7 nitrogen and oxygen atoms in total. The van der Waals surface area contributed by atoms with Crippen molar-refractivity contribution in [3.63, 3.8) is 0 Å². The Kier molecular flexibility index (Phi) is 9.41. The number of para-hydroxylation sites is 1. The van der Waals surface area contributed by atoms with Crippen molar-refractivity contribution in [2.75, 3.05) is 5.43 Å². The average Bonchev–Trinajstić information content (AvgIpc) is 3.38. The molecule has 1 saturated carbocycles.